The van der Waals surface area contributed by atoms with Gasteiger partial charge in [-0.25, -0.2) is 9.97 Å². The molecule has 7 nitrogen and oxygen atoms in total. The van der Waals surface area contributed by atoms with E-state index in [0.29, 0.717) is 18.9 Å². The molecule has 24 heavy (non-hydrogen) atoms. The molecular formula is C17H19N5O2. The first-order valence-corrected chi connectivity index (χ1v) is 8.17. The smallest absolute Gasteiger partial charge is 0.249 e. The minimum atomic E-state index is -0.414. The Labute approximate surface area is 140 Å². The molecule has 0 aliphatic carbocycles. The minimum absolute atomic E-state index is 0.0674. The Hall–Kier alpha value is -2.54. The summed E-state index contributed by atoms with van der Waals surface area (Å²) in [6.45, 7) is 1.33. The molecule has 0 unspecified atom stereocenters. The van der Waals surface area contributed by atoms with Crippen LogP contribution in [0.4, 0.5) is 5.95 Å². The van der Waals surface area contributed by atoms with Crippen molar-refractivity contribution in [2.75, 3.05) is 11.4 Å². The van der Waals surface area contributed by atoms with Gasteiger partial charge in [-0.3, -0.25) is 9.78 Å². The molecule has 7 heteroatoms. The van der Waals surface area contributed by atoms with Gasteiger partial charge in [0, 0.05) is 44.3 Å². The number of aromatic nitrogens is 3. The van der Waals surface area contributed by atoms with Gasteiger partial charge < -0.3 is 15.0 Å². The fourth-order valence-corrected chi connectivity index (χ4v) is 3.41. The molecule has 2 aliphatic heterocycles. The van der Waals surface area contributed by atoms with E-state index in [0.717, 1.165) is 18.5 Å². The summed E-state index contributed by atoms with van der Waals surface area (Å²) < 4.78 is 5.96. The van der Waals surface area contributed by atoms with Gasteiger partial charge in [-0.2, -0.15) is 0 Å². The van der Waals surface area contributed by atoms with Crippen molar-refractivity contribution in [3.8, 4) is 0 Å². The van der Waals surface area contributed by atoms with Crippen LogP contribution in [0.2, 0.25) is 0 Å². The number of rotatable bonds is 4. The lowest BCUT2D eigenvalue weighted by Crippen LogP contribution is -2.36. The lowest BCUT2D eigenvalue weighted by atomic mass is 10.1. The second-order valence-electron chi connectivity index (χ2n) is 6.08. The van der Waals surface area contributed by atoms with Crippen LogP contribution in [0.5, 0.6) is 0 Å². The average Bonchev–Trinajstić information content (AvgIpc) is 3.22. The van der Waals surface area contributed by atoms with Crippen molar-refractivity contribution in [1.29, 1.82) is 0 Å². The Morgan fingerprint density at radius 2 is 2.17 bits per heavy atom. The van der Waals surface area contributed by atoms with Gasteiger partial charge in [0.25, 0.3) is 0 Å². The lowest BCUT2D eigenvalue weighted by Gasteiger charge is -2.22. The maximum atomic E-state index is 12.4. The standard InChI is InChI=1S/C17H19N5O2/c23-16(21-11-12-3-1-5-18-10-12)15-9-13-14(24-15)4-8-22(13)17-19-6-2-7-20-17/h1-3,5-7,10,13-15H,4,8-9,11H2,(H,21,23)/t13-,14-,15-/m0/s1. The van der Waals surface area contributed by atoms with E-state index in [1.807, 2.05) is 12.1 Å². The quantitative estimate of drug-likeness (QED) is 0.900. The molecule has 4 rings (SSSR count). The summed E-state index contributed by atoms with van der Waals surface area (Å²) in [6.07, 6.45) is 8.17. The molecule has 0 spiro atoms. The highest BCUT2D eigenvalue weighted by Crippen LogP contribution is 2.34. The highest BCUT2D eigenvalue weighted by Gasteiger charge is 2.46. The van der Waals surface area contributed by atoms with E-state index in [2.05, 4.69) is 25.2 Å². The van der Waals surface area contributed by atoms with Gasteiger partial charge in [-0.15, -0.1) is 0 Å². The molecule has 0 bridgehead atoms. The van der Waals surface area contributed by atoms with Crippen molar-refractivity contribution in [2.24, 2.45) is 0 Å². The molecule has 124 valence electrons. The zero-order valence-corrected chi connectivity index (χ0v) is 13.2. The Balaban J connectivity index is 1.37. The van der Waals surface area contributed by atoms with Crippen LogP contribution >= 0.6 is 0 Å². The summed E-state index contributed by atoms with van der Waals surface area (Å²) in [5.74, 6) is 0.646. The van der Waals surface area contributed by atoms with Gasteiger partial charge in [0.1, 0.15) is 6.10 Å². The molecule has 2 aromatic rings. The van der Waals surface area contributed by atoms with Gasteiger partial charge in [0.2, 0.25) is 11.9 Å². The molecule has 2 saturated heterocycles. The number of pyridine rings is 1. The first-order chi connectivity index (χ1) is 11.8. The number of nitrogens with one attached hydrogen (secondary N) is 1. The second kappa shape index (κ2) is 6.52. The van der Waals surface area contributed by atoms with E-state index >= 15 is 0 Å². The van der Waals surface area contributed by atoms with E-state index in [1.54, 1.807) is 30.9 Å². The van der Waals surface area contributed by atoms with Gasteiger partial charge in [0.15, 0.2) is 0 Å². The number of nitrogens with zero attached hydrogens (tertiary/aromatic N) is 4. The van der Waals surface area contributed by atoms with Crippen molar-refractivity contribution >= 4 is 11.9 Å². The molecule has 1 N–H and O–H groups in total. The number of ether oxygens (including phenoxy) is 1. The third-order valence-corrected chi connectivity index (χ3v) is 4.57. The zero-order valence-electron chi connectivity index (χ0n) is 13.2. The summed E-state index contributed by atoms with van der Waals surface area (Å²) in [4.78, 5) is 27.2. The number of hydrogen-bond donors (Lipinski definition) is 1. The van der Waals surface area contributed by atoms with E-state index < -0.39 is 6.10 Å². The maximum Gasteiger partial charge on any atom is 0.249 e. The Bertz CT molecular complexity index is 697. The maximum absolute atomic E-state index is 12.4. The Kier molecular flexibility index (Phi) is 4.08. The predicted molar refractivity (Wildman–Crippen MR) is 87.1 cm³/mol. The fourth-order valence-electron chi connectivity index (χ4n) is 3.41. The number of fused-ring (bicyclic) bond motifs is 1. The van der Waals surface area contributed by atoms with Crippen LogP contribution in [0, 0.1) is 0 Å². The molecule has 0 aromatic carbocycles. The molecular weight excluding hydrogens is 306 g/mol. The van der Waals surface area contributed by atoms with Crippen molar-refractivity contribution in [3.63, 3.8) is 0 Å². The lowest BCUT2D eigenvalue weighted by molar-refractivity contribution is -0.132. The van der Waals surface area contributed by atoms with Crippen LogP contribution in [-0.2, 0) is 16.1 Å². The van der Waals surface area contributed by atoms with Gasteiger partial charge in [-0.1, -0.05) is 6.07 Å². The SMILES string of the molecule is O=C(NCc1cccnc1)[C@@H]1C[C@H]2[C@H](CCN2c2ncccn2)O1. The van der Waals surface area contributed by atoms with Crippen LogP contribution < -0.4 is 10.2 Å². The molecule has 3 atom stereocenters. The summed E-state index contributed by atoms with van der Waals surface area (Å²) >= 11 is 0. The summed E-state index contributed by atoms with van der Waals surface area (Å²) in [5.41, 5.74) is 0.975. The number of amides is 1. The van der Waals surface area contributed by atoms with Crippen molar-refractivity contribution in [3.05, 3.63) is 48.5 Å². The average molecular weight is 325 g/mol. The van der Waals surface area contributed by atoms with Crippen molar-refractivity contribution in [2.45, 2.75) is 37.6 Å². The normalized spacial score (nSPS) is 25.5. The van der Waals surface area contributed by atoms with E-state index in [-0.39, 0.29) is 18.1 Å². The van der Waals surface area contributed by atoms with Crippen LogP contribution in [0.15, 0.2) is 43.0 Å². The molecule has 2 aromatic heterocycles. The fraction of sp³-hybridized carbons (Fsp3) is 0.412. The third-order valence-electron chi connectivity index (χ3n) is 4.57. The first-order valence-electron chi connectivity index (χ1n) is 8.17. The molecule has 2 aliphatic rings. The van der Waals surface area contributed by atoms with Crippen LogP contribution in [-0.4, -0.2) is 45.7 Å². The topological polar surface area (TPSA) is 80.2 Å². The largest absolute Gasteiger partial charge is 0.363 e. The van der Waals surface area contributed by atoms with Crippen molar-refractivity contribution < 1.29 is 9.53 Å². The number of anilines is 1. The highest BCUT2D eigenvalue weighted by molar-refractivity contribution is 5.81. The summed E-state index contributed by atoms with van der Waals surface area (Å²) in [6, 6.07) is 5.76. The van der Waals surface area contributed by atoms with E-state index in [9.17, 15) is 4.79 Å². The second-order valence-corrected chi connectivity index (χ2v) is 6.08. The summed E-state index contributed by atoms with van der Waals surface area (Å²) in [7, 11) is 0. The highest BCUT2D eigenvalue weighted by atomic mass is 16.5. The first kappa shape index (κ1) is 15.0. The molecule has 0 radical (unpaired) electrons. The third kappa shape index (κ3) is 2.94. The number of carbonyl (C=O) groups excluding carboxylic acids is 1. The van der Waals surface area contributed by atoms with Gasteiger partial charge >= 0.3 is 0 Å². The van der Waals surface area contributed by atoms with E-state index in [4.69, 9.17) is 4.74 Å². The van der Waals surface area contributed by atoms with Crippen LogP contribution in [0.1, 0.15) is 18.4 Å². The Morgan fingerprint density at radius 3 is 2.96 bits per heavy atom. The molecule has 1 amide bonds. The zero-order chi connectivity index (χ0) is 16.4. The minimum Gasteiger partial charge on any atom is -0.363 e. The van der Waals surface area contributed by atoms with Crippen LogP contribution in [0.3, 0.4) is 0 Å². The van der Waals surface area contributed by atoms with E-state index in [1.165, 1.54) is 0 Å². The van der Waals surface area contributed by atoms with Gasteiger partial charge in [0.05, 0.1) is 12.1 Å². The Morgan fingerprint density at radius 1 is 1.29 bits per heavy atom. The molecule has 4 heterocycles. The van der Waals surface area contributed by atoms with Crippen molar-refractivity contribution in [1.82, 2.24) is 20.3 Å². The monoisotopic (exact) mass is 325 g/mol. The summed E-state index contributed by atoms with van der Waals surface area (Å²) in [5, 5.41) is 2.93. The molecule has 2 fully saturated rings. The number of carbonyl (C=O) groups is 1. The molecule has 0 saturated carbocycles. The predicted octanol–water partition coefficient (Wildman–Crippen LogP) is 0.924. The van der Waals surface area contributed by atoms with Crippen LogP contribution in [0.25, 0.3) is 0 Å². The van der Waals surface area contributed by atoms with Gasteiger partial charge in [-0.05, 0) is 24.1 Å². The number of hydrogen-bond acceptors (Lipinski definition) is 6.